The van der Waals surface area contributed by atoms with Gasteiger partial charge in [-0.05, 0) is 61.6 Å². The van der Waals surface area contributed by atoms with E-state index in [1.807, 2.05) is 6.07 Å². The van der Waals surface area contributed by atoms with E-state index in [4.69, 9.17) is 0 Å². The summed E-state index contributed by atoms with van der Waals surface area (Å²) in [5.41, 5.74) is 6.82. The monoisotopic (exact) mass is 324 g/mol. The van der Waals surface area contributed by atoms with Crippen LogP contribution in [-0.2, 0) is 11.2 Å². The Kier molecular flexibility index (Phi) is 4.18. The molecule has 3 nitrogen and oxygen atoms in total. The molecule has 1 amide bonds. The van der Waals surface area contributed by atoms with Crippen LogP contribution in [0.15, 0.2) is 30.3 Å². The van der Waals surface area contributed by atoms with Crippen molar-refractivity contribution in [1.82, 2.24) is 4.98 Å². The zero-order valence-corrected chi connectivity index (χ0v) is 14.7. The fourth-order valence-corrected chi connectivity index (χ4v) is 3.62. The molecule has 0 radical (unpaired) electrons. The Morgan fingerprint density at radius 2 is 1.83 bits per heavy atom. The van der Waals surface area contributed by atoms with Crippen molar-refractivity contribution in [1.29, 1.82) is 0 Å². The summed E-state index contributed by atoms with van der Waals surface area (Å²) in [6.45, 7) is 8.28. The second-order valence-electron chi connectivity index (χ2n) is 6.09. The van der Waals surface area contributed by atoms with Crippen LogP contribution in [0.25, 0.3) is 10.2 Å². The van der Waals surface area contributed by atoms with E-state index in [0.717, 1.165) is 15.8 Å². The van der Waals surface area contributed by atoms with Gasteiger partial charge in [-0.3, -0.25) is 4.79 Å². The number of aryl methyl sites for hydroxylation is 4. The number of fused-ring (bicyclic) bond motifs is 1. The number of hydrogen-bond donors (Lipinski definition) is 1. The molecule has 0 saturated carbocycles. The van der Waals surface area contributed by atoms with Gasteiger partial charge in [0.1, 0.15) is 0 Å². The summed E-state index contributed by atoms with van der Waals surface area (Å²) in [7, 11) is 0. The van der Waals surface area contributed by atoms with Crippen molar-refractivity contribution in [3.8, 4) is 0 Å². The van der Waals surface area contributed by atoms with Crippen LogP contribution < -0.4 is 5.32 Å². The molecule has 118 valence electrons. The molecule has 3 aromatic rings. The summed E-state index contributed by atoms with van der Waals surface area (Å²) in [5, 5.41) is 3.60. The van der Waals surface area contributed by atoms with Gasteiger partial charge in [-0.25, -0.2) is 4.98 Å². The zero-order chi connectivity index (χ0) is 16.6. The third-order valence-corrected chi connectivity index (χ3v) is 5.12. The van der Waals surface area contributed by atoms with Crippen LogP contribution in [0.2, 0.25) is 0 Å². The zero-order valence-electron chi connectivity index (χ0n) is 13.9. The van der Waals surface area contributed by atoms with Crippen LogP contribution in [0.1, 0.15) is 27.8 Å². The predicted octanol–water partition coefficient (Wildman–Crippen LogP) is 4.71. The molecule has 3 rings (SSSR count). The van der Waals surface area contributed by atoms with E-state index >= 15 is 0 Å². The predicted molar refractivity (Wildman–Crippen MR) is 97.3 cm³/mol. The Morgan fingerprint density at radius 1 is 1.04 bits per heavy atom. The lowest BCUT2D eigenvalue weighted by molar-refractivity contribution is -0.115. The van der Waals surface area contributed by atoms with Crippen molar-refractivity contribution in [2.45, 2.75) is 34.1 Å². The molecule has 23 heavy (non-hydrogen) atoms. The van der Waals surface area contributed by atoms with Crippen molar-refractivity contribution in [3.05, 3.63) is 58.1 Å². The van der Waals surface area contributed by atoms with Crippen molar-refractivity contribution in [2.75, 3.05) is 5.32 Å². The van der Waals surface area contributed by atoms with Crippen LogP contribution in [0, 0.1) is 27.7 Å². The first-order valence-corrected chi connectivity index (χ1v) is 8.48. The van der Waals surface area contributed by atoms with Crippen LogP contribution in [-0.4, -0.2) is 10.9 Å². The van der Waals surface area contributed by atoms with Crippen molar-refractivity contribution in [2.24, 2.45) is 0 Å². The van der Waals surface area contributed by atoms with E-state index in [0.29, 0.717) is 11.6 Å². The fraction of sp³-hybridized carbons (Fsp3) is 0.263. The average Bonchev–Trinajstić information content (AvgIpc) is 2.85. The molecule has 2 aromatic carbocycles. The Balaban J connectivity index is 1.77. The summed E-state index contributed by atoms with van der Waals surface area (Å²) in [5.74, 6) is -0.0262. The molecule has 0 atom stereocenters. The maximum absolute atomic E-state index is 12.3. The van der Waals surface area contributed by atoms with Gasteiger partial charge < -0.3 is 5.32 Å². The first kappa shape index (κ1) is 15.7. The van der Waals surface area contributed by atoms with E-state index in [9.17, 15) is 4.79 Å². The molecule has 0 aliphatic carbocycles. The summed E-state index contributed by atoms with van der Waals surface area (Å²) in [4.78, 5) is 16.8. The van der Waals surface area contributed by atoms with E-state index in [1.165, 1.54) is 33.6 Å². The molecule has 0 aliphatic rings. The second-order valence-corrected chi connectivity index (χ2v) is 7.09. The molecule has 1 heterocycles. The van der Waals surface area contributed by atoms with Gasteiger partial charge in [0.15, 0.2) is 5.13 Å². The Hall–Kier alpha value is -2.20. The van der Waals surface area contributed by atoms with Crippen LogP contribution in [0.4, 0.5) is 5.13 Å². The molecule has 0 bridgehead atoms. The highest BCUT2D eigenvalue weighted by molar-refractivity contribution is 7.22. The van der Waals surface area contributed by atoms with Crippen molar-refractivity contribution >= 4 is 32.6 Å². The summed E-state index contributed by atoms with van der Waals surface area (Å²) in [6, 6.07) is 10.3. The molecule has 1 N–H and O–H groups in total. The van der Waals surface area contributed by atoms with Crippen molar-refractivity contribution in [3.63, 3.8) is 0 Å². The molecule has 0 fully saturated rings. The number of anilines is 1. The van der Waals surface area contributed by atoms with Crippen molar-refractivity contribution < 1.29 is 4.79 Å². The maximum Gasteiger partial charge on any atom is 0.230 e. The molecular weight excluding hydrogens is 304 g/mol. The number of carbonyl (C=O) groups is 1. The maximum atomic E-state index is 12.3. The van der Waals surface area contributed by atoms with E-state index in [2.05, 4.69) is 62.3 Å². The minimum atomic E-state index is -0.0262. The van der Waals surface area contributed by atoms with E-state index in [-0.39, 0.29) is 5.91 Å². The molecule has 4 heteroatoms. The topological polar surface area (TPSA) is 42.0 Å². The quantitative estimate of drug-likeness (QED) is 0.758. The number of carbonyl (C=O) groups excluding carboxylic acids is 1. The first-order valence-electron chi connectivity index (χ1n) is 7.66. The summed E-state index contributed by atoms with van der Waals surface area (Å²) in [6.07, 6.45) is 0.370. The number of thiazole rings is 1. The number of nitrogens with zero attached hydrogens (tertiary/aromatic N) is 1. The Morgan fingerprint density at radius 3 is 2.57 bits per heavy atom. The molecule has 0 saturated heterocycles. The largest absolute Gasteiger partial charge is 0.302 e. The molecule has 0 unspecified atom stereocenters. The van der Waals surface area contributed by atoms with Gasteiger partial charge in [0, 0.05) is 0 Å². The lowest BCUT2D eigenvalue weighted by Crippen LogP contribution is -2.14. The van der Waals surface area contributed by atoms with Gasteiger partial charge in [0.05, 0.1) is 16.6 Å². The van der Waals surface area contributed by atoms with E-state index in [1.54, 1.807) is 0 Å². The highest BCUT2D eigenvalue weighted by Gasteiger charge is 2.11. The minimum Gasteiger partial charge on any atom is -0.302 e. The Labute approximate surface area is 140 Å². The highest BCUT2D eigenvalue weighted by atomic mass is 32.1. The smallest absolute Gasteiger partial charge is 0.230 e. The number of aromatic nitrogens is 1. The van der Waals surface area contributed by atoms with Gasteiger partial charge in [-0.15, -0.1) is 0 Å². The molecule has 0 spiro atoms. The normalized spacial score (nSPS) is 11.0. The molecule has 0 aliphatic heterocycles. The number of hydrogen-bond acceptors (Lipinski definition) is 3. The lowest BCUT2D eigenvalue weighted by atomic mass is 10.0. The molecular formula is C19H20N2OS. The number of nitrogens with one attached hydrogen (secondary N) is 1. The highest BCUT2D eigenvalue weighted by Crippen LogP contribution is 2.29. The third-order valence-electron chi connectivity index (χ3n) is 4.00. The first-order chi connectivity index (χ1) is 10.9. The lowest BCUT2D eigenvalue weighted by Gasteiger charge is -2.05. The van der Waals surface area contributed by atoms with Gasteiger partial charge >= 0.3 is 0 Å². The number of amides is 1. The SMILES string of the molecule is Cc1cc(C)c2sc(NC(=O)Cc3ccc(C)c(C)c3)nc2c1. The van der Waals surface area contributed by atoms with E-state index < -0.39 is 0 Å². The van der Waals surface area contributed by atoms with Gasteiger partial charge in [0.25, 0.3) is 0 Å². The minimum absolute atomic E-state index is 0.0262. The standard InChI is InChI=1S/C19H20N2OS/c1-11-7-14(4)18-16(8-11)20-19(23-18)21-17(22)10-15-6-5-12(2)13(3)9-15/h5-9H,10H2,1-4H3,(H,20,21,22). The number of benzene rings is 2. The van der Waals surface area contributed by atoms with Crippen LogP contribution in [0.3, 0.4) is 0 Å². The summed E-state index contributed by atoms with van der Waals surface area (Å²) < 4.78 is 1.14. The van der Waals surface area contributed by atoms with Crippen LogP contribution in [0.5, 0.6) is 0 Å². The van der Waals surface area contributed by atoms with Crippen LogP contribution >= 0.6 is 11.3 Å². The van der Waals surface area contributed by atoms with Gasteiger partial charge in [-0.1, -0.05) is 35.6 Å². The van der Waals surface area contributed by atoms with Gasteiger partial charge in [-0.2, -0.15) is 0 Å². The average molecular weight is 324 g/mol. The number of rotatable bonds is 3. The molecule has 1 aromatic heterocycles. The van der Waals surface area contributed by atoms with Gasteiger partial charge in [0.2, 0.25) is 5.91 Å². The second kappa shape index (κ2) is 6.13. The third kappa shape index (κ3) is 3.42. The summed E-state index contributed by atoms with van der Waals surface area (Å²) >= 11 is 1.53. The Bertz CT molecular complexity index is 896. The fourth-order valence-electron chi connectivity index (χ4n) is 2.69.